The molecule has 0 aliphatic carbocycles. The van der Waals surface area contributed by atoms with E-state index in [-0.39, 0.29) is 5.56 Å². The lowest BCUT2D eigenvalue weighted by Gasteiger charge is -2.08. The van der Waals surface area contributed by atoms with Crippen LogP contribution >= 0.6 is 0 Å². The van der Waals surface area contributed by atoms with Crippen molar-refractivity contribution in [1.82, 2.24) is 10.3 Å². The predicted molar refractivity (Wildman–Crippen MR) is 73.5 cm³/mol. The highest BCUT2D eigenvalue weighted by atomic mass is 16.4. The van der Waals surface area contributed by atoms with Gasteiger partial charge in [0.05, 0.1) is 5.56 Å². The largest absolute Gasteiger partial charge is 0.478 e. The van der Waals surface area contributed by atoms with Crippen LogP contribution in [0.25, 0.3) is 0 Å². The molecule has 1 aromatic heterocycles. The van der Waals surface area contributed by atoms with Gasteiger partial charge in [0.25, 0.3) is 0 Å². The van der Waals surface area contributed by atoms with Crippen LogP contribution in [0.2, 0.25) is 0 Å². The zero-order chi connectivity index (χ0) is 14.4. The number of aromatic carboxylic acids is 1. The zero-order valence-corrected chi connectivity index (χ0v) is 10.5. The van der Waals surface area contributed by atoms with Crippen molar-refractivity contribution in [1.29, 1.82) is 0 Å². The van der Waals surface area contributed by atoms with Crippen molar-refractivity contribution in [3.05, 3.63) is 59.9 Å². The van der Waals surface area contributed by atoms with Crippen LogP contribution in [0.1, 0.15) is 15.9 Å². The van der Waals surface area contributed by atoms with Gasteiger partial charge in [0, 0.05) is 24.6 Å². The van der Waals surface area contributed by atoms with Crippen LogP contribution < -0.4 is 10.6 Å². The summed E-state index contributed by atoms with van der Waals surface area (Å²) in [5, 5.41) is 14.1. The van der Waals surface area contributed by atoms with E-state index in [1.54, 1.807) is 36.7 Å². The summed E-state index contributed by atoms with van der Waals surface area (Å²) in [6, 6.07) is 9.25. The van der Waals surface area contributed by atoms with Crippen molar-refractivity contribution in [3.8, 4) is 0 Å². The lowest BCUT2D eigenvalue weighted by atomic mass is 10.2. The molecule has 1 aromatic carbocycles. The molecule has 6 nitrogen and oxygen atoms in total. The third kappa shape index (κ3) is 3.81. The summed E-state index contributed by atoms with van der Waals surface area (Å²) in [7, 11) is 0. The molecule has 0 saturated carbocycles. The molecule has 2 aromatic rings. The molecule has 0 radical (unpaired) electrons. The van der Waals surface area contributed by atoms with Crippen molar-refractivity contribution >= 4 is 17.7 Å². The number of aromatic nitrogens is 1. The molecule has 0 unspecified atom stereocenters. The van der Waals surface area contributed by atoms with Crippen LogP contribution in [-0.2, 0) is 6.54 Å². The van der Waals surface area contributed by atoms with Crippen LogP contribution in [-0.4, -0.2) is 22.1 Å². The quantitative estimate of drug-likeness (QED) is 0.794. The zero-order valence-electron chi connectivity index (χ0n) is 10.5. The first-order valence-electron chi connectivity index (χ1n) is 5.92. The average molecular weight is 271 g/mol. The Kier molecular flexibility index (Phi) is 4.28. The molecule has 0 spiro atoms. The van der Waals surface area contributed by atoms with E-state index in [1.807, 2.05) is 0 Å². The van der Waals surface area contributed by atoms with E-state index in [9.17, 15) is 9.59 Å². The fraction of sp³-hybridized carbons (Fsp3) is 0.0714. The lowest BCUT2D eigenvalue weighted by molar-refractivity contribution is 0.0697. The highest BCUT2D eigenvalue weighted by molar-refractivity contribution is 5.93. The number of nitrogens with zero attached hydrogens (tertiary/aromatic N) is 1. The maximum atomic E-state index is 11.7. The molecule has 1 heterocycles. The first-order chi connectivity index (χ1) is 9.65. The number of nitrogens with one attached hydrogen (secondary N) is 2. The Hall–Kier alpha value is -2.89. The Bertz CT molecular complexity index is 614. The third-order valence-corrected chi connectivity index (χ3v) is 2.57. The van der Waals surface area contributed by atoms with Crippen molar-refractivity contribution < 1.29 is 14.7 Å². The predicted octanol–water partition coefficient (Wildman–Crippen LogP) is 2.10. The topological polar surface area (TPSA) is 91.3 Å². The summed E-state index contributed by atoms with van der Waals surface area (Å²) < 4.78 is 0. The molecular weight excluding hydrogens is 258 g/mol. The van der Waals surface area contributed by atoms with E-state index in [0.29, 0.717) is 12.2 Å². The minimum atomic E-state index is -1.04. The second-order valence-electron chi connectivity index (χ2n) is 4.05. The number of carbonyl (C=O) groups is 2. The summed E-state index contributed by atoms with van der Waals surface area (Å²) >= 11 is 0. The minimum absolute atomic E-state index is 0.122. The van der Waals surface area contributed by atoms with E-state index >= 15 is 0 Å². The molecule has 6 heteroatoms. The highest BCUT2D eigenvalue weighted by Crippen LogP contribution is 2.10. The van der Waals surface area contributed by atoms with Gasteiger partial charge in [-0.3, -0.25) is 4.98 Å². The molecule has 3 N–H and O–H groups in total. The third-order valence-electron chi connectivity index (χ3n) is 2.57. The van der Waals surface area contributed by atoms with Gasteiger partial charge in [-0.15, -0.1) is 0 Å². The Morgan fingerprint density at radius 1 is 1.15 bits per heavy atom. The number of benzene rings is 1. The number of hydrogen-bond donors (Lipinski definition) is 3. The summed E-state index contributed by atoms with van der Waals surface area (Å²) in [4.78, 5) is 26.4. The van der Waals surface area contributed by atoms with Gasteiger partial charge >= 0.3 is 12.0 Å². The van der Waals surface area contributed by atoms with Gasteiger partial charge in [0.15, 0.2) is 0 Å². The maximum Gasteiger partial charge on any atom is 0.335 e. The fourth-order valence-electron chi connectivity index (χ4n) is 1.59. The van der Waals surface area contributed by atoms with Crippen molar-refractivity contribution in [2.24, 2.45) is 0 Å². The molecule has 0 aliphatic rings. The number of pyridine rings is 1. The molecule has 0 saturated heterocycles. The number of urea groups is 1. The summed E-state index contributed by atoms with van der Waals surface area (Å²) in [6.45, 7) is 0.368. The lowest BCUT2D eigenvalue weighted by Crippen LogP contribution is -2.28. The molecule has 102 valence electrons. The van der Waals surface area contributed by atoms with E-state index in [0.717, 1.165) is 5.56 Å². The van der Waals surface area contributed by atoms with Crippen LogP contribution in [0.3, 0.4) is 0 Å². The van der Waals surface area contributed by atoms with E-state index in [2.05, 4.69) is 15.6 Å². The Morgan fingerprint density at radius 3 is 2.60 bits per heavy atom. The van der Waals surface area contributed by atoms with Gasteiger partial charge in [-0.05, 0) is 35.9 Å². The second kappa shape index (κ2) is 6.33. The van der Waals surface area contributed by atoms with E-state index in [1.165, 1.54) is 12.1 Å². The Balaban J connectivity index is 1.91. The molecule has 20 heavy (non-hydrogen) atoms. The molecule has 0 atom stereocenters. The van der Waals surface area contributed by atoms with Crippen molar-refractivity contribution in [2.45, 2.75) is 6.54 Å². The summed E-state index contributed by atoms with van der Waals surface area (Å²) in [6.07, 6.45) is 3.29. The van der Waals surface area contributed by atoms with Gasteiger partial charge in [-0.1, -0.05) is 6.07 Å². The van der Waals surface area contributed by atoms with Crippen LogP contribution in [0, 0.1) is 0 Å². The first-order valence-corrected chi connectivity index (χ1v) is 5.92. The number of amides is 2. The maximum absolute atomic E-state index is 11.7. The van der Waals surface area contributed by atoms with Gasteiger partial charge < -0.3 is 15.7 Å². The Labute approximate surface area is 115 Å². The first kappa shape index (κ1) is 13.5. The van der Waals surface area contributed by atoms with E-state index < -0.39 is 12.0 Å². The standard InChI is InChI=1S/C14H13N3O3/c18-13(19)11-2-1-3-12(8-11)17-14(20)16-9-10-4-6-15-7-5-10/h1-8H,9H2,(H,18,19)(H2,16,17,20). The summed E-state index contributed by atoms with van der Waals surface area (Å²) in [5.74, 6) is -1.04. The summed E-state index contributed by atoms with van der Waals surface area (Å²) in [5.41, 5.74) is 1.48. The van der Waals surface area contributed by atoms with Gasteiger partial charge in [-0.25, -0.2) is 9.59 Å². The molecule has 2 amide bonds. The average Bonchev–Trinajstić information content (AvgIpc) is 2.46. The normalized spacial score (nSPS) is 9.80. The molecule has 0 aliphatic heterocycles. The number of carboxylic acids is 1. The molecule has 0 bridgehead atoms. The Morgan fingerprint density at radius 2 is 1.90 bits per heavy atom. The molecule has 0 fully saturated rings. The van der Waals surface area contributed by atoms with Gasteiger partial charge in [-0.2, -0.15) is 0 Å². The molecular formula is C14H13N3O3. The van der Waals surface area contributed by atoms with Crippen LogP contribution in [0.5, 0.6) is 0 Å². The van der Waals surface area contributed by atoms with Crippen LogP contribution in [0.15, 0.2) is 48.8 Å². The van der Waals surface area contributed by atoms with Crippen molar-refractivity contribution in [3.63, 3.8) is 0 Å². The SMILES string of the molecule is O=C(NCc1ccncc1)Nc1cccc(C(=O)O)c1. The van der Waals surface area contributed by atoms with Gasteiger partial charge in [0.2, 0.25) is 0 Å². The number of carboxylic acid groups (broad SMARTS) is 1. The number of hydrogen-bond acceptors (Lipinski definition) is 3. The number of rotatable bonds is 4. The smallest absolute Gasteiger partial charge is 0.335 e. The number of anilines is 1. The van der Waals surface area contributed by atoms with Gasteiger partial charge in [0.1, 0.15) is 0 Å². The van der Waals surface area contributed by atoms with Crippen molar-refractivity contribution in [2.75, 3.05) is 5.32 Å². The monoisotopic (exact) mass is 271 g/mol. The fourth-order valence-corrected chi connectivity index (χ4v) is 1.59. The highest BCUT2D eigenvalue weighted by Gasteiger charge is 2.05. The van der Waals surface area contributed by atoms with Crippen LogP contribution in [0.4, 0.5) is 10.5 Å². The number of carbonyl (C=O) groups excluding carboxylic acids is 1. The second-order valence-corrected chi connectivity index (χ2v) is 4.05. The molecule has 2 rings (SSSR count). The van der Waals surface area contributed by atoms with E-state index in [4.69, 9.17) is 5.11 Å². The minimum Gasteiger partial charge on any atom is -0.478 e.